The van der Waals surface area contributed by atoms with Crippen LogP contribution in [0.5, 0.6) is 5.75 Å². The summed E-state index contributed by atoms with van der Waals surface area (Å²) in [6.45, 7) is 0.791. The standard InChI is InChI=1S/C20H23N3O3S/c24-19-13-26-18-12-14(6-9-17(18)22-19)21-20(25)23-10-2-1-4-15(23)7-8-16-5-3-11-27-16/h3,5-6,9,11-12,15H,1-2,4,7-8,10,13H2,(H,21,25)(H,22,24). The summed E-state index contributed by atoms with van der Waals surface area (Å²) in [6, 6.07) is 9.75. The van der Waals surface area contributed by atoms with Gasteiger partial charge < -0.3 is 20.3 Å². The van der Waals surface area contributed by atoms with E-state index in [-0.39, 0.29) is 24.6 Å². The van der Waals surface area contributed by atoms with Gasteiger partial charge >= 0.3 is 6.03 Å². The number of piperidine rings is 1. The molecule has 3 amide bonds. The van der Waals surface area contributed by atoms with Gasteiger partial charge in [-0.3, -0.25) is 4.79 Å². The predicted octanol–water partition coefficient (Wildman–Crippen LogP) is 4.10. The minimum atomic E-state index is -0.166. The fourth-order valence-corrected chi connectivity index (χ4v) is 4.40. The van der Waals surface area contributed by atoms with Crippen LogP contribution in [0.3, 0.4) is 0 Å². The molecule has 2 aliphatic heterocycles. The largest absolute Gasteiger partial charge is 0.482 e. The normalized spacial score (nSPS) is 19.0. The zero-order valence-electron chi connectivity index (χ0n) is 15.1. The highest BCUT2D eigenvalue weighted by Gasteiger charge is 2.27. The van der Waals surface area contributed by atoms with Crippen molar-refractivity contribution >= 4 is 34.6 Å². The number of fused-ring (bicyclic) bond motifs is 1. The molecule has 0 radical (unpaired) electrons. The van der Waals surface area contributed by atoms with Crippen LogP contribution in [-0.2, 0) is 11.2 Å². The minimum Gasteiger partial charge on any atom is -0.482 e. The van der Waals surface area contributed by atoms with Crippen LogP contribution in [0, 0.1) is 0 Å². The topological polar surface area (TPSA) is 70.7 Å². The molecule has 1 aromatic carbocycles. The maximum Gasteiger partial charge on any atom is 0.322 e. The lowest BCUT2D eigenvalue weighted by Gasteiger charge is -2.36. The number of thiophene rings is 1. The number of carbonyl (C=O) groups is 2. The van der Waals surface area contributed by atoms with Crippen molar-refractivity contribution in [2.24, 2.45) is 0 Å². The monoisotopic (exact) mass is 385 g/mol. The van der Waals surface area contributed by atoms with Crippen molar-refractivity contribution in [2.75, 3.05) is 23.8 Å². The Morgan fingerprint density at radius 3 is 3.11 bits per heavy atom. The van der Waals surface area contributed by atoms with Gasteiger partial charge in [0.25, 0.3) is 5.91 Å². The van der Waals surface area contributed by atoms with E-state index < -0.39 is 0 Å². The number of likely N-dealkylation sites (tertiary alicyclic amines) is 1. The SMILES string of the molecule is O=C1COc2cc(NC(=O)N3CCCCC3CCc3cccs3)ccc2N1. The Kier molecular flexibility index (Phi) is 5.29. The Labute approximate surface area is 162 Å². The Morgan fingerprint density at radius 2 is 2.26 bits per heavy atom. The molecule has 0 saturated carbocycles. The summed E-state index contributed by atoms with van der Waals surface area (Å²) in [5.41, 5.74) is 1.31. The van der Waals surface area contributed by atoms with E-state index in [1.54, 1.807) is 29.5 Å². The molecule has 1 aromatic heterocycles. The molecule has 1 saturated heterocycles. The second-order valence-electron chi connectivity index (χ2n) is 6.94. The molecule has 2 N–H and O–H groups in total. The zero-order valence-corrected chi connectivity index (χ0v) is 15.9. The lowest BCUT2D eigenvalue weighted by Crippen LogP contribution is -2.46. The molecule has 1 fully saturated rings. The Balaban J connectivity index is 1.40. The number of nitrogens with zero attached hydrogens (tertiary/aromatic N) is 1. The Morgan fingerprint density at radius 1 is 1.33 bits per heavy atom. The summed E-state index contributed by atoms with van der Waals surface area (Å²) in [5.74, 6) is 0.418. The fourth-order valence-electron chi connectivity index (χ4n) is 3.68. The maximum atomic E-state index is 12.9. The molecule has 6 nitrogen and oxygen atoms in total. The van der Waals surface area contributed by atoms with E-state index in [1.807, 2.05) is 4.90 Å². The highest BCUT2D eigenvalue weighted by Crippen LogP contribution is 2.31. The number of amides is 3. The predicted molar refractivity (Wildman–Crippen MR) is 107 cm³/mol. The van der Waals surface area contributed by atoms with Gasteiger partial charge in [0.2, 0.25) is 0 Å². The molecule has 1 unspecified atom stereocenters. The number of hydrogen-bond donors (Lipinski definition) is 2. The van der Waals surface area contributed by atoms with Crippen molar-refractivity contribution in [3.63, 3.8) is 0 Å². The highest BCUT2D eigenvalue weighted by atomic mass is 32.1. The van der Waals surface area contributed by atoms with Gasteiger partial charge in [0.15, 0.2) is 6.61 Å². The third kappa shape index (κ3) is 4.24. The van der Waals surface area contributed by atoms with Crippen LogP contribution in [-0.4, -0.2) is 36.0 Å². The number of aryl methyl sites for hydroxylation is 1. The van der Waals surface area contributed by atoms with Crippen LogP contribution in [0.25, 0.3) is 0 Å². The van der Waals surface area contributed by atoms with E-state index >= 15 is 0 Å². The quantitative estimate of drug-likeness (QED) is 0.832. The van der Waals surface area contributed by atoms with Gasteiger partial charge in [0.1, 0.15) is 5.75 Å². The number of nitrogens with one attached hydrogen (secondary N) is 2. The number of rotatable bonds is 4. The number of ether oxygens (including phenoxy) is 1. The molecular weight excluding hydrogens is 362 g/mol. The summed E-state index contributed by atoms with van der Waals surface area (Å²) >= 11 is 1.77. The molecule has 2 aliphatic rings. The summed E-state index contributed by atoms with van der Waals surface area (Å²) in [5, 5.41) is 7.85. The first-order valence-corrected chi connectivity index (χ1v) is 10.2. The number of anilines is 2. The van der Waals surface area contributed by atoms with Crippen LogP contribution in [0.1, 0.15) is 30.6 Å². The van der Waals surface area contributed by atoms with E-state index in [4.69, 9.17) is 4.74 Å². The average Bonchev–Trinajstić information content (AvgIpc) is 3.20. The summed E-state index contributed by atoms with van der Waals surface area (Å²) in [4.78, 5) is 27.6. The molecule has 0 bridgehead atoms. The third-order valence-electron chi connectivity index (χ3n) is 5.06. The average molecular weight is 385 g/mol. The second-order valence-corrected chi connectivity index (χ2v) is 7.97. The molecule has 142 valence electrons. The van der Waals surface area contributed by atoms with Gasteiger partial charge in [-0.25, -0.2) is 4.79 Å². The summed E-state index contributed by atoms with van der Waals surface area (Å²) < 4.78 is 5.43. The molecule has 2 aromatic rings. The number of carbonyl (C=O) groups excluding carboxylic acids is 2. The minimum absolute atomic E-state index is 0.00131. The van der Waals surface area contributed by atoms with Crippen LogP contribution in [0.2, 0.25) is 0 Å². The van der Waals surface area contributed by atoms with E-state index in [1.165, 1.54) is 11.3 Å². The molecular formula is C20H23N3O3S. The second kappa shape index (κ2) is 8.00. The lowest BCUT2D eigenvalue weighted by atomic mass is 9.98. The van der Waals surface area contributed by atoms with Crippen LogP contribution in [0.4, 0.5) is 16.2 Å². The number of benzene rings is 1. The molecule has 7 heteroatoms. The molecule has 1 atom stereocenters. The van der Waals surface area contributed by atoms with Crippen molar-refractivity contribution in [3.8, 4) is 5.75 Å². The Bertz CT molecular complexity index is 822. The van der Waals surface area contributed by atoms with E-state index in [0.717, 1.165) is 32.2 Å². The van der Waals surface area contributed by atoms with Crippen molar-refractivity contribution < 1.29 is 14.3 Å². The van der Waals surface area contributed by atoms with E-state index in [9.17, 15) is 9.59 Å². The summed E-state index contributed by atoms with van der Waals surface area (Å²) in [6.07, 6.45) is 5.28. The van der Waals surface area contributed by atoms with Crippen molar-refractivity contribution in [2.45, 2.75) is 38.1 Å². The van der Waals surface area contributed by atoms with Crippen LogP contribution >= 0.6 is 11.3 Å². The van der Waals surface area contributed by atoms with Gasteiger partial charge in [-0.15, -0.1) is 11.3 Å². The van der Waals surface area contributed by atoms with Crippen molar-refractivity contribution in [1.82, 2.24) is 4.90 Å². The first kappa shape index (κ1) is 17.9. The van der Waals surface area contributed by atoms with Gasteiger partial charge in [-0.1, -0.05) is 6.07 Å². The van der Waals surface area contributed by atoms with Gasteiger partial charge in [0.05, 0.1) is 5.69 Å². The molecule has 27 heavy (non-hydrogen) atoms. The van der Waals surface area contributed by atoms with Gasteiger partial charge in [-0.2, -0.15) is 0 Å². The van der Waals surface area contributed by atoms with E-state index in [2.05, 4.69) is 28.1 Å². The maximum absolute atomic E-state index is 12.9. The molecule has 0 aliphatic carbocycles. The summed E-state index contributed by atoms with van der Waals surface area (Å²) in [7, 11) is 0. The smallest absolute Gasteiger partial charge is 0.322 e. The third-order valence-corrected chi connectivity index (χ3v) is 5.99. The molecule has 0 spiro atoms. The molecule has 3 heterocycles. The first-order valence-electron chi connectivity index (χ1n) is 9.36. The fraction of sp³-hybridized carbons (Fsp3) is 0.400. The first-order chi connectivity index (χ1) is 13.2. The van der Waals surface area contributed by atoms with Crippen LogP contribution < -0.4 is 15.4 Å². The van der Waals surface area contributed by atoms with Gasteiger partial charge in [-0.05, 0) is 55.7 Å². The van der Waals surface area contributed by atoms with Crippen molar-refractivity contribution in [1.29, 1.82) is 0 Å². The van der Waals surface area contributed by atoms with Gasteiger partial charge in [0, 0.05) is 29.2 Å². The van der Waals surface area contributed by atoms with Crippen LogP contribution in [0.15, 0.2) is 35.7 Å². The lowest BCUT2D eigenvalue weighted by molar-refractivity contribution is -0.118. The molecule has 4 rings (SSSR count). The Hall–Kier alpha value is -2.54. The van der Waals surface area contributed by atoms with Crippen molar-refractivity contribution in [3.05, 3.63) is 40.6 Å². The van der Waals surface area contributed by atoms with E-state index in [0.29, 0.717) is 17.1 Å². The highest BCUT2D eigenvalue weighted by molar-refractivity contribution is 7.09. The number of hydrogen-bond acceptors (Lipinski definition) is 4. The number of urea groups is 1. The zero-order chi connectivity index (χ0) is 18.6.